The molecular formula is C22H36O9. The van der Waals surface area contributed by atoms with Crippen LogP contribution >= 0.6 is 0 Å². The summed E-state index contributed by atoms with van der Waals surface area (Å²) in [5.74, 6) is -1.86. The molecule has 178 valence electrons. The highest BCUT2D eigenvalue weighted by atomic mass is 16.7. The summed E-state index contributed by atoms with van der Waals surface area (Å²) in [6.07, 6.45) is -0.755. The first kappa shape index (κ1) is 26.9. The number of hydrogen-bond acceptors (Lipinski definition) is 9. The lowest BCUT2D eigenvalue weighted by molar-refractivity contribution is -0.233. The highest BCUT2D eigenvalue weighted by molar-refractivity contribution is 5.72. The van der Waals surface area contributed by atoms with E-state index in [0.717, 1.165) is 0 Å². The molecule has 0 bridgehead atoms. The molecule has 1 heterocycles. The Hall–Kier alpha value is -2.16. The maximum atomic E-state index is 12.3. The van der Waals surface area contributed by atoms with E-state index in [4.69, 9.17) is 23.7 Å². The second-order valence-electron chi connectivity index (χ2n) is 7.49. The number of ether oxygens (including phenoxy) is 5. The summed E-state index contributed by atoms with van der Waals surface area (Å²) in [6, 6.07) is 0. The third-order valence-electron chi connectivity index (χ3n) is 4.57. The Kier molecular flexibility index (Phi) is 12.8. The topological polar surface area (TPSA) is 114 Å². The van der Waals surface area contributed by atoms with Gasteiger partial charge in [0.05, 0.1) is 6.61 Å². The van der Waals surface area contributed by atoms with Crippen LogP contribution in [0.3, 0.4) is 0 Å². The Bertz CT molecular complexity index is 590. The Morgan fingerprint density at radius 1 is 0.677 bits per heavy atom. The van der Waals surface area contributed by atoms with Crippen LogP contribution in [-0.2, 0) is 42.9 Å². The van der Waals surface area contributed by atoms with Crippen molar-refractivity contribution >= 4 is 23.9 Å². The number of esters is 4. The fourth-order valence-corrected chi connectivity index (χ4v) is 3.07. The van der Waals surface area contributed by atoms with Gasteiger partial charge >= 0.3 is 23.9 Å². The van der Waals surface area contributed by atoms with Crippen LogP contribution in [0.4, 0.5) is 0 Å². The summed E-state index contributed by atoms with van der Waals surface area (Å²) in [6.45, 7) is 7.12. The standard InChI is InChI=1S/C22H36O9/c1-5-9-17(23)28-13-15-21(30-19(25)11-7-3)22(31-20(26)12-8-4)16(14-27-15)29-18(24)10-6-2/h15-16,21-22H,5-14H2,1-4H3. The fraction of sp³-hybridized carbons (Fsp3) is 0.818. The van der Waals surface area contributed by atoms with Crippen molar-refractivity contribution < 1.29 is 42.9 Å². The van der Waals surface area contributed by atoms with Gasteiger partial charge in [-0.05, 0) is 25.7 Å². The first-order valence-corrected chi connectivity index (χ1v) is 11.2. The Balaban J connectivity index is 3.08. The lowest BCUT2D eigenvalue weighted by Gasteiger charge is -2.40. The first-order chi connectivity index (χ1) is 14.9. The number of rotatable bonds is 13. The maximum absolute atomic E-state index is 12.3. The zero-order valence-electron chi connectivity index (χ0n) is 19.1. The molecule has 0 N–H and O–H groups in total. The van der Waals surface area contributed by atoms with E-state index in [-0.39, 0.29) is 38.9 Å². The minimum Gasteiger partial charge on any atom is -0.463 e. The van der Waals surface area contributed by atoms with Gasteiger partial charge < -0.3 is 23.7 Å². The molecule has 4 atom stereocenters. The molecule has 1 saturated heterocycles. The fourth-order valence-electron chi connectivity index (χ4n) is 3.07. The van der Waals surface area contributed by atoms with Gasteiger partial charge in [-0.3, -0.25) is 19.2 Å². The molecular weight excluding hydrogens is 408 g/mol. The molecule has 0 radical (unpaired) electrons. The molecule has 1 aliphatic heterocycles. The molecule has 0 spiro atoms. The summed E-state index contributed by atoms with van der Waals surface area (Å²) in [5.41, 5.74) is 0. The van der Waals surface area contributed by atoms with Crippen LogP contribution in [0.15, 0.2) is 0 Å². The van der Waals surface area contributed by atoms with Gasteiger partial charge in [-0.15, -0.1) is 0 Å². The van der Waals surface area contributed by atoms with Crippen molar-refractivity contribution in [2.24, 2.45) is 0 Å². The molecule has 9 heteroatoms. The predicted molar refractivity (Wildman–Crippen MR) is 110 cm³/mol. The van der Waals surface area contributed by atoms with Crippen molar-refractivity contribution in [1.29, 1.82) is 0 Å². The molecule has 9 nitrogen and oxygen atoms in total. The Labute approximate surface area is 184 Å². The van der Waals surface area contributed by atoms with E-state index in [2.05, 4.69) is 0 Å². The van der Waals surface area contributed by atoms with Gasteiger partial charge in [0.25, 0.3) is 0 Å². The largest absolute Gasteiger partial charge is 0.463 e. The molecule has 0 amide bonds. The van der Waals surface area contributed by atoms with Gasteiger partial charge in [0.1, 0.15) is 12.7 Å². The van der Waals surface area contributed by atoms with E-state index < -0.39 is 48.3 Å². The van der Waals surface area contributed by atoms with Crippen LogP contribution in [0.2, 0.25) is 0 Å². The van der Waals surface area contributed by atoms with Gasteiger partial charge in [-0.1, -0.05) is 27.7 Å². The second-order valence-corrected chi connectivity index (χ2v) is 7.49. The predicted octanol–water partition coefficient (Wildman–Crippen LogP) is 2.86. The third kappa shape index (κ3) is 9.67. The molecule has 0 aliphatic carbocycles. The zero-order valence-corrected chi connectivity index (χ0v) is 19.1. The molecule has 0 aromatic rings. The normalized spacial score (nSPS) is 23.0. The number of carbonyl (C=O) groups is 4. The monoisotopic (exact) mass is 444 g/mol. The van der Waals surface area contributed by atoms with Crippen molar-refractivity contribution in [3.05, 3.63) is 0 Å². The average Bonchev–Trinajstić information content (AvgIpc) is 2.70. The first-order valence-electron chi connectivity index (χ1n) is 11.2. The number of hydrogen-bond donors (Lipinski definition) is 0. The van der Waals surface area contributed by atoms with E-state index in [1.165, 1.54) is 0 Å². The molecule has 0 aromatic heterocycles. The lowest BCUT2D eigenvalue weighted by atomic mass is 9.99. The zero-order chi connectivity index (χ0) is 23.2. The van der Waals surface area contributed by atoms with Crippen LogP contribution in [0.1, 0.15) is 79.1 Å². The van der Waals surface area contributed by atoms with Crippen LogP contribution in [0.5, 0.6) is 0 Å². The van der Waals surface area contributed by atoms with Crippen molar-refractivity contribution in [2.45, 2.75) is 103 Å². The number of carbonyl (C=O) groups excluding carboxylic acids is 4. The molecule has 1 fully saturated rings. The summed E-state index contributed by atoms with van der Waals surface area (Å²) in [4.78, 5) is 48.4. The summed E-state index contributed by atoms with van der Waals surface area (Å²) < 4.78 is 27.6. The van der Waals surface area contributed by atoms with Crippen molar-refractivity contribution in [3.63, 3.8) is 0 Å². The summed E-state index contributed by atoms with van der Waals surface area (Å²) in [7, 11) is 0. The van der Waals surface area contributed by atoms with E-state index in [1.54, 1.807) is 0 Å². The van der Waals surface area contributed by atoms with E-state index in [0.29, 0.717) is 25.7 Å². The molecule has 0 aromatic carbocycles. The van der Waals surface area contributed by atoms with E-state index >= 15 is 0 Å². The van der Waals surface area contributed by atoms with Crippen molar-refractivity contribution in [2.75, 3.05) is 13.2 Å². The SMILES string of the molecule is CCCC(=O)OCC1OCC(OC(=O)CCC)C(OC(=O)CCC)C1OC(=O)CCC. The van der Waals surface area contributed by atoms with E-state index in [9.17, 15) is 19.2 Å². The lowest BCUT2D eigenvalue weighted by Crippen LogP contribution is -2.59. The quantitative estimate of drug-likeness (QED) is 0.312. The van der Waals surface area contributed by atoms with E-state index in [1.807, 2.05) is 27.7 Å². The van der Waals surface area contributed by atoms with Crippen LogP contribution < -0.4 is 0 Å². The van der Waals surface area contributed by atoms with Gasteiger partial charge in [0.2, 0.25) is 0 Å². The smallest absolute Gasteiger partial charge is 0.306 e. The molecule has 1 rings (SSSR count). The molecule has 1 aliphatic rings. The third-order valence-corrected chi connectivity index (χ3v) is 4.57. The van der Waals surface area contributed by atoms with Crippen molar-refractivity contribution in [3.8, 4) is 0 Å². The van der Waals surface area contributed by atoms with Gasteiger partial charge in [-0.2, -0.15) is 0 Å². The van der Waals surface area contributed by atoms with Gasteiger partial charge in [0, 0.05) is 25.7 Å². The average molecular weight is 445 g/mol. The molecule has 4 unspecified atom stereocenters. The Morgan fingerprint density at radius 2 is 1.13 bits per heavy atom. The van der Waals surface area contributed by atoms with Gasteiger partial charge in [0.15, 0.2) is 18.3 Å². The minimum absolute atomic E-state index is 0.0721. The Morgan fingerprint density at radius 3 is 1.65 bits per heavy atom. The van der Waals surface area contributed by atoms with Gasteiger partial charge in [-0.25, -0.2) is 0 Å². The molecule has 0 saturated carbocycles. The summed E-state index contributed by atoms with van der Waals surface area (Å²) >= 11 is 0. The van der Waals surface area contributed by atoms with Crippen LogP contribution in [-0.4, -0.2) is 61.5 Å². The van der Waals surface area contributed by atoms with Crippen molar-refractivity contribution in [1.82, 2.24) is 0 Å². The highest BCUT2D eigenvalue weighted by Gasteiger charge is 2.47. The minimum atomic E-state index is -1.07. The molecule has 31 heavy (non-hydrogen) atoms. The van der Waals surface area contributed by atoms with Crippen LogP contribution in [0, 0.1) is 0 Å². The highest BCUT2D eigenvalue weighted by Crippen LogP contribution is 2.26. The van der Waals surface area contributed by atoms with Crippen LogP contribution in [0.25, 0.3) is 0 Å². The maximum Gasteiger partial charge on any atom is 0.306 e. The second kappa shape index (κ2) is 14.8. The summed E-state index contributed by atoms with van der Waals surface area (Å²) in [5, 5.41) is 0.